The van der Waals surface area contributed by atoms with Gasteiger partial charge in [-0.15, -0.1) is 0 Å². The molecule has 0 heterocycles. The van der Waals surface area contributed by atoms with Crippen LogP contribution in [0.15, 0.2) is 17.0 Å². The van der Waals surface area contributed by atoms with Crippen LogP contribution in [0.25, 0.3) is 0 Å². The van der Waals surface area contributed by atoms with E-state index in [9.17, 15) is 22.0 Å². The van der Waals surface area contributed by atoms with Gasteiger partial charge in [0.05, 0.1) is 18.0 Å². The molecule has 0 unspecified atom stereocenters. The topological polar surface area (TPSA) is 80.7 Å². The maximum Gasteiger partial charge on any atom is 0.341 e. The van der Waals surface area contributed by atoms with E-state index < -0.39 is 49.3 Å². The van der Waals surface area contributed by atoms with Gasteiger partial charge in [-0.3, -0.25) is 0 Å². The Balaban J connectivity index is 3.10. The summed E-state index contributed by atoms with van der Waals surface area (Å²) in [6.07, 6.45) is 0. The Kier molecular flexibility index (Phi) is 5.06. The van der Waals surface area contributed by atoms with Crippen molar-refractivity contribution in [3.05, 3.63) is 29.3 Å². The molecule has 21 heavy (non-hydrogen) atoms. The van der Waals surface area contributed by atoms with Gasteiger partial charge in [0.15, 0.2) is 15.7 Å². The molecule has 5 nitrogen and oxygen atoms in total. The molecule has 0 saturated heterocycles. The second kappa shape index (κ2) is 6.07. The number of carboxylic acids is 1. The second-order valence-electron chi connectivity index (χ2n) is 5.32. The first-order valence-electron chi connectivity index (χ1n) is 6.04. The number of benzene rings is 1. The van der Waals surface area contributed by atoms with Crippen LogP contribution in [-0.2, 0) is 14.6 Å². The monoisotopic (exact) mass is 322 g/mol. The second-order valence-corrected chi connectivity index (χ2v) is 7.40. The Morgan fingerprint density at radius 1 is 1.29 bits per heavy atom. The molecular weight excluding hydrogens is 306 g/mol. The van der Waals surface area contributed by atoms with E-state index in [0.29, 0.717) is 12.1 Å². The number of aromatic carboxylic acids is 1. The molecule has 0 aliphatic carbocycles. The zero-order valence-electron chi connectivity index (χ0n) is 11.8. The van der Waals surface area contributed by atoms with E-state index in [0.717, 1.165) is 0 Å². The van der Waals surface area contributed by atoms with Gasteiger partial charge in [-0.25, -0.2) is 22.0 Å². The minimum atomic E-state index is -4.12. The molecule has 1 aromatic carbocycles. The summed E-state index contributed by atoms with van der Waals surface area (Å²) < 4.78 is 56.4. The number of carboxylic acid groups (broad SMARTS) is 1. The lowest BCUT2D eigenvalue weighted by Crippen LogP contribution is -2.24. The highest BCUT2D eigenvalue weighted by Crippen LogP contribution is 2.22. The lowest BCUT2D eigenvalue weighted by atomic mass is 10.2. The van der Waals surface area contributed by atoms with Gasteiger partial charge >= 0.3 is 5.97 Å². The van der Waals surface area contributed by atoms with Gasteiger partial charge in [-0.05, 0) is 32.9 Å². The summed E-state index contributed by atoms with van der Waals surface area (Å²) in [5, 5.41) is 8.72. The Bertz CT molecular complexity index is 647. The number of hydrogen-bond acceptors (Lipinski definition) is 4. The molecule has 0 radical (unpaired) electrons. The predicted molar refractivity (Wildman–Crippen MR) is 71.1 cm³/mol. The van der Waals surface area contributed by atoms with Crippen molar-refractivity contribution in [2.75, 3.05) is 12.4 Å². The molecule has 0 atom stereocenters. The van der Waals surface area contributed by atoms with Crippen LogP contribution in [0.2, 0.25) is 0 Å². The highest BCUT2D eigenvalue weighted by atomic mass is 32.2. The number of hydrogen-bond donors (Lipinski definition) is 1. The van der Waals surface area contributed by atoms with Crippen LogP contribution in [0.4, 0.5) is 8.78 Å². The molecule has 0 saturated carbocycles. The minimum absolute atomic E-state index is 0.189. The first-order valence-corrected chi connectivity index (χ1v) is 7.69. The van der Waals surface area contributed by atoms with Gasteiger partial charge in [-0.1, -0.05) is 0 Å². The van der Waals surface area contributed by atoms with E-state index in [1.54, 1.807) is 20.8 Å². The van der Waals surface area contributed by atoms with Gasteiger partial charge in [-0.2, -0.15) is 0 Å². The molecule has 1 N–H and O–H groups in total. The van der Waals surface area contributed by atoms with E-state index in [1.807, 2.05) is 0 Å². The maximum atomic E-state index is 13.9. The molecule has 8 heteroatoms. The van der Waals surface area contributed by atoms with Crippen LogP contribution >= 0.6 is 0 Å². The van der Waals surface area contributed by atoms with Crippen LogP contribution < -0.4 is 0 Å². The molecule has 1 aromatic rings. The van der Waals surface area contributed by atoms with Crippen LogP contribution in [-0.4, -0.2) is 37.5 Å². The largest absolute Gasteiger partial charge is 0.477 e. The zero-order valence-corrected chi connectivity index (χ0v) is 12.6. The quantitative estimate of drug-likeness (QED) is 0.841. The van der Waals surface area contributed by atoms with Crippen molar-refractivity contribution < 1.29 is 31.8 Å². The average molecular weight is 322 g/mol. The van der Waals surface area contributed by atoms with Gasteiger partial charge in [0.25, 0.3) is 0 Å². The third-order valence-electron chi connectivity index (χ3n) is 2.49. The van der Waals surface area contributed by atoms with E-state index >= 15 is 0 Å². The number of sulfone groups is 1. The SMILES string of the molecule is CC(C)(C)OCCS(=O)(=O)c1ccc(F)c(C(=O)O)c1F. The summed E-state index contributed by atoms with van der Waals surface area (Å²) in [5.74, 6) is -5.33. The fraction of sp³-hybridized carbons (Fsp3) is 0.462. The molecule has 0 amide bonds. The first kappa shape index (κ1) is 17.5. The van der Waals surface area contributed by atoms with E-state index in [2.05, 4.69) is 0 Å². The van der Waals surface area contributed by atoms with Crippen LogP contribution in [0.1, 0.15) is 31.1 Å². The Morgan fingerprint density at radius 2 is 1.86 bits per heavy atom. The summed E-state index contributed by atoms with van der Waals surface area (Å²) in [7, 11) is -4.12. The molecule has 0 aliphatic heterocycles. The minimum Gasteiger partial charge on any atom is -0.477 e. The fourth-order valence-corrected chi connectivity index (χ4v) is 2.71. The molecule has 0 bridgehead atoms. The Morgan fingerprint density at radius 3 is 2.33 bits per heavy atom. The van der Waals surface area contributed by atoms with Gasteiger partial charge in [0, 0.05) is 0 Å². The van der Waals surface area contributed by atoms with E-state index in [4.69, 9.17) is 9.84 Å². The number of halogens is 2. The lowest BCUT2D eigenvalue weighted by molar-refractivity contribution is 0.00643. The van der Waals surface area contributed by atoms with Gasteiger partial charge in [0.1, 0.15) is 16.3 Å². The smallest absolute Gasteiger partial charge is 0.341 e. The van der Waals surface area contributed by atoms with Crippen molar-refractivity contribution in [1.29, 1.82) is 0 Å². The summed E-state index contributed by atoms with van der Waals surface area (Å²) in [4.78, 5) is 9.92. The molecule has 0 spiro atoms. The summed E-state index contributed by atoms with van der Waals surface area (Å²) in [6, 6.07) is 1.33. The van der Waals surface area contributed by atoms with Crippen LogP contribution in [0, 0.1) is 11.6 Å². The van der Waals surface area contributed by atoms with E-state index in [-0.39, 0.29) is 6.61 Å². The molecule has 0 aromatic heterocycles. The third-order valence-corrected chi connectivity index (χ3v) is 4.18. The van der Waals surface area contributed by atoms with Crippen molar-refractivity contribution in [3.63, 3.8) is 0 Å². The molecule has 0 aliphatic rings. The van der Waals surface area contributed by atoms with Crippen molar-refractivity contribution in [2.45, 2.75) is 31.3 Å². The highest BCUT2D eigenvalue weighted by Gasteiger charge is 2.27. The van der Waals surface area contributed by atoms with Crippen molar-refractivity contribution in [2.24, 2.45) is 0 Å². The van der Waals surface area contributed by atoms with Gasteiger partial charge < -0.3 is 9.84 Å². The van der Waals surface area contributed by atoms with Crippen LogP contribution in [0.3, 0.4) is 0 Å². The lowest BCUT2D eigenvalue weighted by Gasteiger charge is -2.19. The van der Waals surface area contributed by atoms with E-state index in [1.165, 1.54) is 0 Å². The average Bonchev–Trinajstić information content (AvgIpc) is 2.25. The summed E-state index contributed by atoms with van der Waals surface area (Å²) in [5.41, 5.74) is -1.85. The molecular formula is C13H16F2O5S. The number of rotatable bonds is 5. The highest BCUT2D eigenvalue weighted by molar-refractivity contribution is 7.91. The Hall–Kier alpha value is -1.54. The zero-order chi connectivity index (χ0) is 16.4. The fourth-order valence-electron chi connectivity index (χ4n) is 1.54. The standard InChI is InChI=1S/C13H16F2O5S/c1-13(2,3)20-6-7-21(18,19)9-5-4-8(14)10(11(9)15)12(16)17/h4-5H,6-7H2,1-3H3,(H,16,17). The van der Waals surface area contributed by atoms with Gasteiger partial charge in [0.2, 0.25) is 0 Å². The summed E-state index contributed by atoms with van der Waals surface area (Å²) >= 11 is 0. The van der Waals surface area contributed by atoms with Crippen LogP contribution in [0.5, 0.6) is 0 Å². The third kappa shape index (κ3) is 4.47. The number of carbonyl (C=O) groups is 1. The normalized spacial score (nSPS) is 12.4. The summed E-state index contributed by atoms with van der Waals surface area (Å²) in [6.45, 7) is 4.98. The molecule has 118 valence electrons. The maximum absolute atomic E-state index is 13.9. The first-order chi connectivity index (χ1) is 9.46. The molecule has 1 rings (SSSR count). The Labute approximate surface area is 121 Å². The molecule has 0 fully saturated rings. The van der Waals surface area contributed by atoms with Crippen molar-refractivity contribution in [1.82, 2.24) is 0 Å². The predicted octanol–water partition coefficient (Wildman–Crippen LogP) is 2.25. The number of ether oxygens (including phenoxy) is 1. The van der Waals surface area contributed by atoms with Crippen molar-refractivity contribution in [3.8, 4) is 0 Å². The van der Waals surface area contributed by atoms with Crippen molar-refractivity contribution >= 4 is 15.8 Å².